The number of ether oxygens (including phenoxy) is 7. The highest BCUT2D eigenvalue weighted by Crippen LogP contribution is 2.70. The third-order valence-corrected chi connectivity index (χ3v) is 16.8. The third-order valence-electron chi connectivity index (χ3n) is 16.8. The van der Waals surface area contributed by atoms with Gasteiger partial charge < -0.3 is 89.3 Å². The van der Waals surface area contributed by atoms with Crippen molar-refractivity contribution < 1.29 is 89.3 Å². The fraction of sp³-hybridized carbons (Fsp3) is 0.911. The summed E-state index contributed by atoms with van der Waals surface area (Å²) in [6.07, 6.45) is -10.5. The van der Waals surface area contributed by atoms with Gasteiger partial charge in [0.05, 0.1) is 32.0 Å². The molecule has 0 aromatic heterocycles. The highest BCUT2D eigenvalue weighted by molar-refractivity contribution is 5.29. The van der Waals surface area contributed by atoms with Crippen LogP contribution in [-0.2, 0) is 33.2 Å². The van der Waals surface area contributed by atoms with E-state index >= 15 is 0 Å². The van der Waals surface area contributed by atoms with E-state index in [2.05, 4.69) is 19.9 Å². The van der Waals surface area contributed by atoms with Gasteiger partial charge in [-0.3, -0.25) is 0 Å². The summed E-state index contributed by atoms with van der Waals surface area (Å²) < 4.78 is 42.0. The Morgan fingerprint density at radius 3 is 2.11 bits per heavy atom. The van der Waals surface area contributed by atoms with Crippen molar-refractivity contribution in [2.24, 2.45) is 40.4 Å². The van der Waals surface area contributed by atoms with Crippen LogP contribution in [0, 0.1) is 40.4 Å². The van der Waals surface area contributed by atoms with Gasteiger partial charge in [-0.1, -0.05) is 32.4 Å². The Morgan fingerprint density at radius 1 is 0.762 bits per heavy atom. The number of rotatable bonds is 11. The average Bonchev–Trinajstić information content (AvgIpc) is 3.71. The van der Waals surface area contributed by atoms with E-state index < -0.39 is 111 Å². The maximum absolute atomic E-state index is 12.3. The largest absolute Gasteiger partial charge is 0.492 e. The Labute approximate surface area is 368 Å². The molecule has 18 heteroatoms. The maximum Gasteiger partial charge on any atom is 0.187 e. The molecule has 4 aliphatic carbocycles. The van der Waals surface area contributed by atoms with Crippen LogP contribution in [0.15, 0.2) is 23.5 Å². The summed E-state index contributed by atoms with van der Waals surface area (Å²) in [6.45, 7) is 9.05. The van der Waals surface area contributed by atoms with Crippen LogP contribution in [0.4, 0.5) is 0 Å². The van der Waals surface area contributed by atoms with Crippen molar-refractivity contribution in [2.75, 3.05) is 19.8 Å². The molecule has 8 rings (SSSR count). The predicted molar refractivity (Wildman–Crippen MR) is 218 cm³/mol. The zero-order chi connectivity index (χ0) is 45.5. The van der Waals surface area contributed by atoms with Crippen LogP contribution in [0.2, 0.25) is 0 Å². The van der Waals surface area contributed by atoms with Crippen molar-refractivity contribution in [3.8, 4) is 0 Å². The molecule has 0 radical (unpaired) electrons. The molecule has 360 valence electrons. The highest BCUT2D eigenvalue weighted by Gasteiger charge is 2.69. The second-order valence-electron chi connectivity index (χ2n) is 20.8. The van der Waals surface area contributed by atoms with E-state index in [0.717, 1.165) is 32.1 Å². The van der Waals surface area contributed by atoms with E-state index in [4.69, 9.17) is 33.2 Å². The molecule has 7 fully saturated rings. The molecule has 0 bridgehead atoms. The van der Waals surface area contributed by atoms with E-state index in [1.165, 1.54) is 12.5 Å². The quantitative estimate of drug-likeness (QED) is 0.112. The molecule has 4 aliphatic heterocycles. The molecule has 18 nitrogen and oxygen atoms in total. The molecule has 8 aliphatic rings. The molecule has 4 saturated heterocycles. The van der Waals surface area contributed by atoms with Crippen LogP contribution >= 0.6 is 0 Å². The Hall–Kier alpha value is -1.40. The lowest BCUT2D eigenvalue weighted by molar-refractivity contribution is -0.369. The van der Waals surface area contributed by atoms with Gasteiger partial charge in [0.2, 0.25) is 0 Å². The minimum Gasteiger partial charge on any atom is -0.492 e. The number of aliphatic hydroxyl groups excluding tert-OH is 10. The smallest absolute Gasteiger partial charge is 0.187 e. The fourth-order valence-corrected chi connectivity index (χ4v) is 13.2. The minimum atomic E-state index is -1.65. The Balaban J connectivity index is 0.903. The second kappa shape index (κ2) is 18.3. The highest BCUT2D eigenvalue weighted by atomic mass is 16.8. The van der Waals surface area contributed by atoms with Gasteiger partial charge in [-0.2, -0.15) is 0 Å². The van der Waals surface area contributed by atoms with Crippen LogP contribution in [0.1, 0.15) is 86.0 Å². The topological polar surface area (TPSA) is 287 Å². The summed E-state index contributed by atoms with van der Waals surface area (Å²) in [5, 5.41) is 115. The van der Waals surface area contributed by atoms with Gasteiger partial charge in [0, 0.05) is 5.92 Å². The molecule has 63 heavy (non-hydrogen) atoms. The van der Waals surface area contributed by atoms with Gasteiger partial charge in [0.25, 0.3) is 0 Å². The Kier molecular flexibility index (Phi) is 13.9. The van der Waals surface area contributed by atoms with Gasteiger partial charge in [-0.05, 0) is 106 Å². The normalized spacial score (nSPS) is 54.4. The fourth-order valence-electron chi connectivity index (χ4n) is 13.2. The zero-order valence-electron chi connectivity index (χ0n) is 36.9. The first-order valence-corrected chi connectivity index (χ1v) is 23.1. The molecule has 11 N–H and O–H groups in total. The van der Waals surface area contributed by atoms with Crippen molar-refractivity contribution >= 4 is 0 Å². The van der Waals surface area contributed by atoms with Gasteiger partial charge in [-0.15, -0.1) is 0 Å². The molecule has 3 saturated carbocycles. The van der Waals surface area contributed by atoms with Crippen LogP contribution < -0.4 is 0 Å². The monoisotopic (exact) mass is 900 g/mol. The molecule has 4 heterocycles. The number of allylic oxidation sites excluding steroid dienone is 2. The number of hydrogen-bond acceptors (Lipinski definition) is 18. The average molecular weight is 901 g/mol. The van der Waals surface area contributed by atoms with Crippen LogP contribution in [0.3, 0.4) is 0 Å². The van der Waals surface area contributed by atoms with E-state index in [0.29, 0.717) is 42.8 Å². The van der Waals surface area contributed by atoms with Crippen molar-refractivity contribution in [3.63, 3.8) is 0 Å². The SMILES string of the molecule is C[C@H](CC=C1O[C@H]2C[C@H]3[C@@H]4CC=C5C[C@@H](O[C@@H]6O[C@H](CO)[C@@H](O)[C@H](O)[C@H]6O[C@@H]6O[C@@H](C)[C@H](O)[C@@H](O)[C@H]6O)CC[C@]5(C)[C@H]4CC[C@]3(C)[C@H]2[C@]1(C)O)CO[C@@H]1O[C@H](CO)[C@@H](O)[C@H](O)[C@H]1O. The van der Waals surface area contributed by atoms with Gasteiger partial charge in [-0.25, -0.2) is 0 Å². The summed E-state index contributed by atoms with van der Waals surface area (Å²) in [7, 11) is 0. The summed E-state index contributed by atoms with van der Waals surface area (Å²) >= 11 is 0. The van der Waals surface area contributed by atoms with Gasteiger partial charge in [0.15, 0.2) is 18.9 Å². The van der Waals surface area contributed by atoms with Crippen LogP contribution in [0.5, 0.6) is 0 Å². The van der Waals surface area contributed by atoms with Crippen molar-refractivity contribution in [2.45, 2.75) is 196 Å². The molecule has 0 aromatic carbocycles. The van der Waals surface area contributed by atoms with E-state index in [-0.39, 0.29) is 41.5 Å². The minimum absolute atomic E-state index is 0.0743. The Morgan fingerprint density at radius 2 is 1.41 bits per heavy atom. The maximum atomic E-state index is 12.3. The summed E-state index contributed by atoms with van der Waals surface area (Å²) in [5.74, 6) is 1.53. The first-order valence-electron chi connectivity index (χ1n) is 23.1. The Bertz CT molecular complexity index is 1660. The van der Waals surface area contributed by atoms with E-state index in [9.17, 15) is 56.2 Å². The summed E-state index contributed by atoms with van der Waals surface area (Å²) in [6, 6.07) is 0. The van der Waals surface area contributed by atoms with Crippen molar-refractivity contribution in [1.29, 1.82) is 0 Å². The second-order valence-corrected chi connectivity index (χ2v) is 20.8. The first-order chi connectivity index (χ1) is 29.7. The number of hydrogen-bond donors (Lipinski definition) is 11. The lowest BCUT2D eigenvalue weighted by Gasteiger charge is -2.58. The molecular weight excluding hydrogens is 828 g/mol. The number of fused-ring (bicyclic) bond motifs is 7. The van der Waals surface area contributed by atoms with Gasteiger partial charge in [0.1, 0.15) is 84.6 Å². The summed E-state index contributed by atoms with van der Waals surface area (Å²) in [4.78, 5) is 0. The first kappa shape index (κ1) is 48.1. The van der Waals surface area contributed by atoms with Crippen molar-refractivity contribution in [3.05, 3.63) is 23.5 Å². The molecule has 0 aromatic rings. The van der Waals surface area contributed by atoms with Crippen molar-refractivity contribution in [1.82, 2.24) is 0 Å². The standard InChI is InChI=1S/C45H72O18/c1-19(18-57-40-36(54)34(52)31(49)27(16-46)61-40)6-9-29-45(5,56)39-26(60-29)15-25-23-8-7-21-14-22(10-12-43(21,3)24(23)11-13-44(25,39)4)59-42-38(35(53)32(50)28(17-47)62-42)63-41-37(55)33(51)30(48)20(2)58-41/h7,9,19-20,22-28,30-42,46-56H,6,8,10-18H2,1-5H3/t19-,20+,22+,23-,24+,25+,26+,27-,28-,30+,31-,32-,33-,34+,35+,36-,37-,38-,39+,40-,41+,42-,43+,44+,45-/m1/s1. The molecule has 25 atom stereocenters. The number of aliphatic hydroxyl groups is 11. The molecular formula is C45H72O18. The zero-order valence-corrected chi connectivity index (χ0v) is 36.9. The van der Waals surface area contributed by atoms with Crippen LogP contribution in [0.25, 0.3) is 0 Å². The van der Waals surface area contributed by atoms with Crippen LogP contribution in [-0.4, -0.2) is 186 Å². The van der Waals surface area contributed by atoms with Gasteiger partial charge >= 0.3 is 0 Å². The predicted octanol–water partition coefficient (Wildman–Crippen LogP) is -0.911. The third kappa shape index (κ3) is 8.38. The molecule has 0 spiro atoms. The summed E-state index contributed by atoms with van der Waals surface area (Å²) in [5.41, 5.74) is -0.141. The lowest BCUT2D eigenvalue weighted by atomic mass is 9.46. The lowest BCUT2D eigenvalue weighted by Crippen LogP contribution is -2.64. The molecule has 0 amide bonds. The van der Waals surface area contributed by atoms with E-state index in [1.54, 1.807) is 0 Å². The van der Waals surface area contributed by atoms with E-state index in [1.807, 2.05) is 19.9 Å². The molecule has 0 unspecified atom stereocenters.